The summed E-state index contributed by atoms with van der Waals surface area (Å²) in [7, 11) is 1.64. The van der Waals surface area contributed by atoms with E-state index >= 15 is 0 Å². The first-order valence-corrected chi connectivity index (χ1v) is 9.87. The Morgan fingerprint density at radius 2 is 1.72 bits per heavy atom. The van der Waals surface area contributed by atoms with Crippen molar-refractivity contribution < 1.29 is 9.15 Å². The molecule has 2 heterocycles. The number of rotatable bonds is 5. The van der Waals surface area contributed by atoms with Gasteiger partial charge in [-0.25, -0.2) is 4.79 Å². The van der Waals surface area contributed by atoms with Crippen molar-refractivity contribution in [2.24, 2.45) is 0 Å². The number of aryl methyl sites for hydroxylation is 1. The van der Waals surface area contributed by atoms with Gasteiger partial charge in [0, 0.05) is 22.8 Å². The minimum absolute atomic E-state index is 0.337. The van der Waals surface area contributed by atoms with Gasteiger partial charge in [0.05, 0.1) is 19.2 Å². The monoisotopic (exact) mass is 386 g/mol. The van der Waals surface area contributed by atoms with E-state index in [0.29, 0.717) is 12.1 Å². The molecular weight excluding hydrogens is 364 g/mol. The molecule has 5 rings (SSSR count). The molecule has 0 bridgehead atoms. The number of aromatic nitrogens is 2. The predicted octanol–water partition coefficient (Wildman–Crippen LogP) is 5.17. The molecule has 0 saturated carbocycles. The minimum Gasteiger partial charge on any atom is -0.497 e. The second-order valence-corrected chi connectivity index (χ2v) is 7.28. The summed E-state index contributed by atoms with van der Waals surface area (Å²) in [5.41, 5.74) is 4.81. The third-order valence-electron chi connectivity index (χ3n) is 5.51. The highest BCUT2D eigenvalue weighted by Gasteiger charge is 2.19. The molecule has 0 saturated heterocycles. The van der Waals surface area contributed by atoms with Gasteiger partial charge in [0.1, 0.15) is 11.3 Å². The smallest absolute Gasteiger partial charge is 0.420 e. The van der Waals surface area contributed by atoms with Gasteiger partial charge < -0.3 is 13.7 Å². The van der Waals surface area contributed by atoms with Crippen molar-refractivity contribution in [3.05, 3.63) is 76.8 Å². The summed E-state index contributed by atoms with van der Waals surface area (Å²) in [5, 5.41) is 2.22. The van der Waals surface area contributed by atoms with Crippen molar-refractivity contribution >= 4 is 32.9 Å². The zero-order chi connectivity index (χ0) is 20.0. The number of hydrogen-bond donors (Lipinski definition) is 0. The normalized spacial score (nSPS) is 11.7. The molecule has 0 spiro atoms. The third kappa shape index (κ3) is 2.73. The average molecular weight is 386 g/mol. The number of nitrogens with zero attached hydrogens (tertiary/aromatic N) is 2. The molecule has 0 aliphatic carbocycles. The van der Waals surface area contributed by atoms with Crippen LogP contribution in [0.15, 0.2) is 69.9 Å². The first kappa shape index (κ1) is 17.6. The fourth-order valence-corrected chi connectivity index (χ4v) is 4.21. The molecule has 5 nitrogen and oxygen atoms in total. The number of benzene rings is 3. The Balaban J connectivity index is 1.80. The lowest BCUT2D eigenvalue weighted by atomic mass is 10.1. The van der Waals surface area contributed by atoms with E-state index in [4.69, 9.17) is 9.15 Å². The highest BCUT2D eigenvalue weighted by atomic mass is 16.5. The Hall–Kier alpha value is -3.47. The van der Waals surface area contributed by atoms with Crippen LogP contribution in [0.5, 0.6) is 5.75 Å². The van der Waals surface area contributed by atoms with E-state index in [1.54, 1.807) is 11.7 Å². The first-order valence-electron chi connectivity index (χ1n) is 9.87. The van der Waals surface area contributed by atoms with Gasteiger partial charge in [0.15, 0.2) is 5.58 Å². The van der Waals surface area contributed by atoms with Gasteiger partial charge in [0.25, 0.3) is 0 Å². The molecule has 0 unspecified atom stereocenters. The molecule has 146 valence electrons. The molecule has 29 heavy (non-hydrogen) atoms. The van der Waals surface area contributed by atoms with Crippen LogP contribution in [0.3, 0.4) is 0 Å². The maximum atomic E-state index is 12.7. The van der Waals surface area contributed by atoms with Crippen LogP contribution in [-0.4, -0.2) is 16.2 Å². The van der Waals surface area contributed by atoms with Crippen LogP contribution in [0.2, 0.25) is 0 Å². The quantitative estimate of drug-likeness (QED) is 0.419. The lowest BCUT2D eigenvalue weighted by molar-refractivity contribution is 0.414. The molecule has 0 N–H and O–H groups in total. The maximum absolute atomic E-state index is 12.7. The summed E-state index contributed by atoms with van der Waals surface area (Å²) in [4.78, 5) is 12.7. The van der Waals surface area contributed by atoms with Crippen molar-refractivity contribution in [1.29, 1.82) is 0 Å². The molecule has 2 aromatic heterocycles. The van der Waals surface area contributed by atoms with Crippen LogP contribution in [0.4, 0.5) is 0 Å². The summed E-state index contributed by atoms with van der Waals surface area (Å²) >= 11 is 0. The average Bonchev–Trinajstić information content (AvgIpc) is 3.24. The number of para-hydroxylation sites is 1. The molecule has 0 aliphatic rings. The molecule has 0 aliphatic heterocycles. The number of oxazole rings is 1. The van der Waals surface area contributed by atoms with E-state index in [2.05, 4.69) is 35.8 Å². The Morgan fingerprint density at radius 3 is 2.48 bits per heavy atom. The van der Waals surface area contributed by atoms with E-state index in [1.807, 2.05) is 36.4 Å². The van der Waals surface area contributed by atoms with E-state index in [1.165, 1.54) is 5.52 Å². The number of methoxy groups -OCH3 is 1. The van der Waals surface area contributed by atoms with Crippen molar-refractivity contribution in [2.45, 2.75) is 26.4 Å². The summed E-state index contributed by atoms with van der Waals surface area (Å²) in [6, 6.07) is 20.1. The lowest BCUT2D eigenvalue weighted by Crippen LogP contribution is -2.15. The Bertz CT molecular complexity index is 1390. The zero-order valence-corrected chi connectivity index (χ0v) is 16.5. The Morgan fingerprint density at radius 1 is 0.931 bits per heavy atom. The summed E-state index contributed by atoms with van der Waals surface area (Å²) < 4.78 is 14.9. The predicted molar refractivity (Wildman–Crippen MR) is 116 cm³/mol. The van der Waals surface area contributed by atoms with E-state index in [9.17, 15) is 4.79 Å². The third-order valence-corrected chi connectivity index (χ3v) is 5.51. The highest BCUT2D eigenvalue weighted by molar-refractivity contribution is 6.18. The number of fused-ring (bicyclic) bond motifs is 5. The molecule has 0 atom stereocenters. The van der Waals surface area contributed by atoms with Gasteiger partial charge in [-0.05, 0) is 42.3 Å². The van der Waals surface area contributed by atoms with E-state index in [0.717, 1.165) is 46.1 Å². The second-order valence-electron chi connectivity index (χ2n) is 7.28. The molecule has 3 aromatic carbocycles. The fourth-order valence-electron chi connectivity index (χ4n) is 4.21. The molecule has 0 radical (unpaired) electrons. The van der Waals surface area contributed by atoms with Crippen LogP contribution >= 0.6 is 0 Å². The van der Waals surface area contributed by atoms with Gasteiger partial charge in [-0.1, -0.05) is 37.3 Å². The minimum atomic E-state index is -0.337. The van der Waals surface area contributed by atoms with Crippen LogP contribution in [0, 0.1) is 0 Å². The van der Waals surface area contributed by atoms with Crippen LogP contribution in [-0.2, 0) is 13.1 Å². The SMILES string of the molecule is CCCn1c2ccccc2c2c3c(ccc21)oc(=O)n3Cc1ccc(OC)cc1. The zero-order valence-electron chi connectivity index (χ0n) is 16.5. The standard InChI is InChI=1S/C24H22N2O3/c1-3-14-25-19-7-5-4-6-18(19)22-20(25)12-13-21-23(22)26(24(27)29-21)15-16-8-10-17(28-2)11-9-16/h4-13H,3,14-15H2,1-2H3. The van der Waals surface area contributed by atoms with E-state index < -0.39 is 0 Å². The van der Waals surface area contributed by atoms with Gasteiger partial charge in [0.2, 0.25) is 0 Å². The summed E-state index contributed by atoms with van der Waals surface area (Å²) in [5.74, 6) is 0.457. The largest absolute Gasteiger partial charge is 0.497 e. The van der Waals surface area contributed by atoms with Gasteiger partial charge in [-0.2, -0.15) is 0 Å². The van der Waals surface area contributed by atoms with Gasteiger partial charge >= 0.3 is 5.76 Å². The van der Waals surface area contributed by atoms with Gasteiger partial charge in [-0.3, -0.25) is 4.57 Å². The number of hydrogen-bond acceptors (Lipinski definition) is 3. The fraction of sp³-hybridized carbons (Fsp3) is 0.208. The highest BCUT2D eigenvalue weighted by Crippen LogP contribution is 2.35. The van der Waals surface area contributed by atoms with Gasteiger partial charge in [-0.15, -0.1) is 0 Å². The Kier molecular flexibility index (Phi) is 4.16. The van der Waals surface area contributed by atoms with Crippen molar-refractivity contribution in [3.63, 3.8) is 0 Å². The summed E-state index contributed by atoms with van der Waals surface area (Å²) in [6.45, 7) is 3.55. The lowest BCUT2D eigenvalue weighted by Gasteiger charge is -2.06. The maximum Gasteiger partial charge on any atom is 0.420 e. The topological polar surface area (TPSA) is 49.3 Å². The second kappa shape index (κ2) is 6.85. The first-order chi connectivity index (χ1) is 14.2. The Labute approximate surface area is 167 Å². The summed E-state index contributed by atoms with van der Waals surface area (Å²) in [6.07, 6.45) is 1.04. The number of ether oxygens (including phenoxy) is 1. The van der Waals surface area contributed by atoms with Crippen molar-refractivity contribution in [3.8, 4) is 5.75 Å². The van der Waals surface area contributed by atoms with Crippen LogP contribution in [0.1, 0.15) is 18.9 Å². The molecule has 0 amide bonds. The van der Waals surface area contributed by atoms with Crippen molar-refractivity contribution in [1.82, 2.24) is 9.13 Å². The molecule has 0 fully saturated rings. The van der Waals surface area contributed by atoms with Crippen LogP contribution < -0.4 is 10.5 Å². The molecular formula is C24H22N2O3. The van der Waals surface area contributed by atoms with E-state index in [-0.39, 0.29) is 5.76 Å². The molecule has 5 aromatic rings. The van der Waals surface area contributed by atoms with Crippen molar-refractivity contribution in [2.75, 3.05) is 7.11 Å². The molecule has 5 heteroatoms. The van der Waals surface area contributed by atoms with Crippen LogP contribution in [0.25, 0.3) is 32.9 Å².